The molecule has 0 saturated carbocycles. The van der Waals surface area contributed by atoms with Crippen molar-refractivity contribution in [2.75, 3.05) is 24.7 Å². The van der Waals surface area contributed by atoms with E-state index in [0.29, 0.717) is 39.1 Å². The third-order valence-corrected chi connectivity index (χ3v) is 7.64. The van der Waals surface area contributed by atoms with Crippen LogP contribution in [0.1, 0.15) is 6.42 Å². The van der Waals surface area contributed by atoms with Crippen LogP contribution in [0.25, 0.3) is 16.6 Å². The predicted molar refractivity (Wildman–Crippen MR) is 145 cm³/mol. The number of nitrogens with zero attached hydrogens (tertiary/aromatic N) is 6. The summed E-state index contributed by atoms with van der Waals surface area (Å²) in [4.78, 5) is 8.55. The first-order chi connectivity index (χ1) is 19.0. The molecule has 210 valence electrons. The maximum absolute atomic E-state index is 12.7. The minimum atomic E-state index is -4.47. The van der Waals surface area contributed by atoms with Gasteiger partial charge in [-0.05, 0) is 42.5 Å². The fourth-order valence-corrected chi connectivity index (χ4v) is 5.16. The largest absolute Gasteiger partial charge is 0.454 e. The number of halogens is 4. The zero-order valence-corrected chi connectivity index (χ0v) is 22.6. The van der Waals surface area contributed by atoms with Gasteiger partial charge in [-0.3, -0.25) is 0 Å². The van der Waals surface area contributed by atoms with Gasteiger partial charge in [0.2, 0.25) is 10.0 Å². The van der Waals surface area contributed by atoms with Gasteiger partial charge in [-0.25, -0.2) is 27.2 Å². The van der Waals surface area contributed by atoms with Crippen molar-refractivity contribution in [1.29, 1.82) is 0 Å². The Balaban J connectivity index is 1.33. The molecule has 0 aliphatic carbocycles. The van der Waals surface area contributed by atoms with Crippen LogP contribution < -0.4 is 10.1 Å². The van der Waals surface area contributed by atoms with Gasteiger partial charge in [-0.15, -0.1) is 0 Å². The predicted octanol–water partition coefficient (Wildman–Crippen LogP) is 5.48. The molecule has 0 radical (unpaired) electrons. The molecule has 1 aromatic carbocycles. The lowest BCUT2D eigenvalue weighted by Crippen LogP contribution is -2.35. The van der Waals surface area contributed by atoms with Crippen molar-refractivity contribution in [3.63, 3.8) is 0 Å². The lowest BCUT2D eigenvalue weighted by Gasteiger charge is -2.21. The third kappa shape index (κ3) is 6.46. The van der Waals surface area contributed by atoms with Crippen molar-refractivity contribution in [2.45, 2.75) is 19.1 Å². The zero-order chi connectivity index (χ0) is 28.5. The summed E-state index contributed by atoms with van der Waals surface area (Å²) in [6.07, 6.45) is 1.64. The molecule has 0 fully saturated rings. The molecule has 0 aliphatic rings. The van der Waals surface area contributed by atoms with Crippen molar-refractivity contribution in [3.8, 4) is 11.5 Å². The molecule has 0 amide bonds. The number of benzene rings is 1. The average molecular weight is 594 g/mol. The number of nitrogens with one attached hydrogen (secondary N) is 1. The molecule has 0 saturated heterocycles. The molecular weight excluding hydrogens is 571 g/mol. The summed E-state index contributed by atoms with van der Waals surface area (Å²) < 4.78 is 72.4. The van der Waals surface area contributed by atoms with Crippen molar-refractivity contribution in [3.05, 3.63) is 72.4 Å². The molecule has 0 aliphatic heterocycles. The first kappa shape index (κ1) is 27.7. The molecule has 0 atom stereocenters. The SMILES string of the molecule is CS(=O)(=O)N(CCn1ccc2ncnc(Nc3ccc(Oc4ccc5ccnn5c4)c(Cl)c3)c21)CCC(F)(F)F. The van der Waals surface area contributed by atoms with E-state index in [9.17, 15) is 21.6 Å². The van der Waals surface area contributed by atoms with Crippen molar-refractivity contribution >= 4 is 49.7 Å². The number of rotatable bonds is 10. The van der Waals surface area contributed by atoms with E-state index in [1.807, 2.05) is 12.1 Å². The van der Waals surface area contributed by atoms with Gasteiger partial charge in [0, 0.05) is 37.7 Å². The molecule has 5 aromatic rings. The van der Waals surface area contributed by atoms with Crippen molar-refractivity contribution in [2.24, 2.45) is 0 Å². The normalized spacial score (nSPS) is 12.4. The number of hydrogen-bond acceptors (Lipinski definition) is 7. The fraction of sp³-hybridized carbons (Fsp3) is 0.240. The van der Waals surface area contributed by atoms with E-state index in [0.717, 1.165) is 16.1 Å². The first-order valence-corrected chi connectivity index (χ1v) is 14.2. The van der Waals surface area contributed by atoms with E-state index in [2.05, 4.69) is 20.4 Å². The Hall–Kier alpha value is -3.88. The second-order valence-electron chi connectivity index (χ2n) is 8.93. The Bertz CT molecular complexity index is 1770. The third-order valence-electron chi connectivity index (χ3n) is 6.05. The van der Waals surface area contributed by atoms with E-state index in [1.54, 1.807) is 58.0 Å². The highest BCUT2D eigenvalue weighted by Crippen LogP contribution is 2.33. The minimum Gasteiger partial charge on any atom is -0.454 e. The van der Waals surface area contributed by atoms with Crippen LogP contribution >= 0.6 is 11.6 Å². The molecule has 15 heteroatoms. The van der Waals surface area contributed by atoms with Crippen LogP contribution in [0, 0.1) is 0 Å². The van der Waals surface area contributed by atoms with Crippen LogP contribution in [-0.2, 0) is 16.6 Å². The number of hydrogen-bond donors (Lipinski definition) is 1. The Morgan fingerprint density at radius 3 is 2.67 bits per heavy atom. The summed E-state index contributed by atoms with van der Waals surface area (Å²) in [5, 5.41) is 7.70. The topological polar surface area (TPSA) is 107 Å². The Morgan fingerprint density at radius 1 is 1.10 bits per heavy atom. The summed E-state index contributed by atoms with van der Waals surface area (Å²) in [6, 6.07) is 12.4. The summed E-state index contributed by atoms with van der Waals surface area (Å²) in [6.45, 7) is -0.730. The van der Waals surface area contributed by atoms with Gasteiger partial charge in [0.1, 0.15) is 23.3 Å². The van der Waals surface area contributed by atoms with Crippen molar-refractivity contribution < 1.29 is 26.3 Å². The van der Waals surface area contributed by atoms with Crippen LogP contribution in [-0.4, -0.2) is 62.4 Å². The summed E-state index contributed by atoms with van der Waals surface area (Å²) >= 11 is 6.49. The van der Waals surface area contributed by atoms with Gasteiger partial charge in [-0.1, -0.05) is 11.6 Å². The lowest BCUT2D eigenvalue weighted by molar-refractivity contribution is -0.135. The standard InChI is InChI=1S/C25H23ClF3N7O3S/c1-40(37,38)35(11-8-25(27,28)29)13-12-34-10-7-21-23(34)24(31-16-30-21)33-17-2-5-22(20(26)14-17)39-19-4-3-18-6-9-32-36(18)15-19/h2-7,9-10,14-16H,8,11-13H2,1H3,(H,30,31,33). The molecule has 0 spiro atoms. The quantitative estimate of drug-likeness (QED) is 0.228. The summed E-state index contributed by atoms with van der Waals surface area (Å²) in [5.41, 5.74) is 2.63. The number of alkyl halides is 3. The van der Waals surface area contributed by atoms with E-state index in [4.69, 9.17) is 16.3 Å². The first-order valence-electron chi connectivity index (χ1n) is 12.0. The number of anilines is 2. The van der Waals surface area contributed by atoms with Gasteiger partial charge < -0.3 is 14.6 Å². The summed E-state index contributed by atoms with van der Waals surface area (Å²) in [7, 11) is -3.85. The van der Waals surface area contributed by atoms with E-state index < -0.39 is 29.2 Å². The number of aromatic nitrogens is 5. The highest BCUT2D eigenvalue weighted by Gasteiger charge is 2.30. The Morgan fingerprint density at radius 2 is 1.93 bits per heavy atom. The fourth-order valence-electron chi connectivity index (χ4n) is 4.11. The highest BCUT2D eigenvalue weighted by atomic mass is 35.5. The molecule has 4 aromatic heterocycles. The van der Waals surface area contributed by atoms with Gasteiger partial charge in [-0.2, -0.15) is 18.3 Å². The van der Waals surface area contributed by atoms with Gasteiger partial charge >= 0.3 is 6.18 Å². The van der Waals surface area contributed by atoms with Crippen LogP contribution in [0.5, 0.6) is 11.5 Å². The van der Waals surface area contributed by atoms with Gasteiger partial charge in [0.05, 0.1) is 34.9 Å². The molecule has 0 unspecified atom stereocenters. The van der Waals surface area contributed by atoms with Crippen LogP contribution in [0.3, 0.4) is 0 Å². The van der Waals surface area contributed by atoms with Crippen LogP contribution in [0.2, 0.25) is 5.02 Å². The summed E-state index contributed by atoms with van der Waals surface area (Å²) in [5.74, 6) is 1.38. The van der Waals surface area contributed by atoms with Gasteiger partial charge in [0.25, 0.3) is 0 Å². The number of sulfonamides is 1. The van der Waals surface area contributed by atoms with Crippen molar-refractivity contribution in [1.82, 2.24) is 28.5 Å². The highest BCUT2D eigenvalue weighted by molar-refractivity contribution is 7.88. The maximum Gasteiger partial charge on any atom is 0.390 e. The molecular formula is C25H23ClF3N7O3S. The van der Waals surface area contributed by atoms with Crippen LogP contribution in [0.15, 0.2) is 67.4 Å². The van der Waals surface area contributed by atoms with E-state index in [1.165, 1.54) is 6.33 Å². The second kappa shape index (κ2) is 10.9. The lowest BCUT2D eigenvalue weighted by atomic mass is 10.3. The molecule has 4 heterocycles. The number of ether oxygens (including phenoxy) is 1. The molecule has 40 heavy (non-hydrogen) atoms. The maximum atomic E-state index is 12.7. The van der Waals surface area contributed by atoms with E-state index in [-0.39, 0.29) is 13.1 Å². The molecule has 10 nitrogen and oxygen atoms in total. The number of pyridine rings is 1. The second-order valence-corrected chi connectivity index (χ2v) is 11.3. The minimum absolute atomic E-state index is 0.0879. The van der Waals surface area contributed by atoms with Crippen LogP contribution in [0.4, 0.5) is 24.7 Å². The molecule has 1 N–H and O–H groups in total. The Kier molecular flexibility index (Phi) is 7.57. The molecule has 0 bridgehead atoms. The van der Waals surface area contributed by atoms with E-state index >= 15 is 0 Å². The number of fused-ring (bicyclic) bond motifs is 2. The Labute approximate surface area is 232 Å². The smallest absolute Gasteiger partial charge is 0.390 e. The van der Waals surface area contributed by atoms with Gasteiger partial charge in [0.15, 0.2) is 5.82 Å². The molecule has 5 rings (SSSR count). The monoisotopic (exact) mass is 593 g/mol. The zero-order valence-electron chi connectivity index (χ0n) is 21.0. The average Bonchev–Trinajstić information content (AvgIpc) is 3.51.